The Labute approximate surface area is 173 Å². The number of rotatable bonds is 8. The maximum absolute atomic E-state index is 12.2. The lowest BCUT2D eigenvalue weighted by atomic mass is 10.1. The fourth-order valence-corrected chi connectivity index (χ4v) is 3.58. The zero-order chi connectivity index (χ0) is 20.8. The summed E-state index contributed by atoms with van der Waals surface area (Å²) in [7, 11) is 0. The Morgan fingerprint density at radius 2 is 1.83 bits per heavy atom. The smallest absolute Gasteiger partial charge is 0.224 e. The van der Waals surface area contributed by atoms with Crippen molar-refractivity contribution >= 4 is 29.1 Å². The van der Waals surface area contributed by atoms with Gasteiger partial charge in [-0.15, -0.1) is 10.2 Å². The van der Waals surface area contributed by atoms with Crippen molar-refractivity contribution in [1.29, 1.82) is 0 Å². The summed E-state index contributed by atoms with van der Waals surface area (Å²) in [6.45, 7) is 3.50. The van der Waals surface area contributed by atoms with Gasteiger partial charge in [-0.05, 0) is 32.4 Å². The minimum atomic E-state index is -0.131. The number of nitrogen functional groups attached to an aromatic ring is 1. The number of aromatic nitrogens is 3. The molecule has 0 fully saturated rings. The normalized spacial score (nSPS) is 10.7. The summed E-state index contributed by atoms with van der Waals surface area (Å²) in [6.07, 6.45) is 0.980. The van der Waals surface area contributed by atoms with Gasteiger partial charge in [-0.3, -0.25) is 9.59 Å². The average Bonchev–Trinajstić information content (AvgIpc) is 3.06. The van der Waals surface area contributed by atoms with Crippen LogP contribution in [0.15, 0.2) is 53.7 Å². The minimum Gasteiger partial charge on any atom is -0.335 e. The van der Waals surface area contributed by atoms with Crippen molar-refractivity contribution in [1.82, 2.24) is 14.9 Å². The number of carbonyl (C=O) groups excluding carboxylic acids is 2. The Kier molecular flexibility index (Phi) is 6.66. The molecule has 0 saturated carbocycles. The number of hydrogen-bond acceptors (Lipinski definition) is 6. The van der Waals surface area contributed by atoms with E-state index < -0.39 is 0 Å². The molecule has 3 N–H and O–H groups in total. The first-order valence-electron chi connectivity index (χ1n) is 9.26. The molecule has 3 rings (SSSR count). The van der Waals surface area contributed by atoms with Crippen molar-refractivity contribution in [2.45, 2.75) is 31.8 Å². The molecule has 0 aliphatic rings. The highest BCUT2D eigenvalue weighted by molar-refractivity contribution is 7.99. The standard InChI is InChI=1S/C21H23N5O2S/c1-14-9-11-16(12-10-14)20-24-25-21(26(20)22)29-13-5-8-19(28)23-18-7-4-3-6-17(18)15(2)27/h3-4,6-7,9-12H,5,8,13,22H2,1-2H3,(H,23,28). The van der Waals surface area contributed by atoms with Gasteiger partial charge in [-0.2, -0.15) is 0 Å². The van der Waals surface area contributed by atoms with Gasteiger partial charge in [0.25, 0.3) is 0 Å². The Bertz CT molecular complexity index is 1010. The van der Waals surface area contributed by atoms with E-state index in [9.17, 15) is 9.59 Å². The number of aryl methyl sites for hydroxylation is 1. The van der Waals surface area contributed by atoms with Gasteiger partial charge < -0.3 is 11.2 Å². The highest BCUT2D eigenvalue weighted by Gasteiger charge is 2.13. The van der Waals surface area contributed by atoms with E-state index in [0.717, 1.165) is 11.1 Å². The van der Waals surface area contributed by atoms with Crippen LogP contribution >= 0.6 is 11.8 Å². The monoisotopic (exact) mass is 409 g/mol. The van der Waals surface area contributed by atoms with Crippen LogP contribution in [0.2, 0.25) is 0 Å². The highest BCUT2D eigenvalue weighted by atomic mass is 32.2. The minimum absolute atomic E-state index is 0.0804. The second kappa shape index (κ2) is 9.38. The molecule has 1 amide bonds. The first-order chi connectivity index (χ1) is 14.0. The number of nitrogens with zero attached hydrogens (tertiary/aromatic N) is 3. The van der Waals surface area contributed by atoms with E-state index in [1.54, 1.807) is 24.3 Å². The third-order valence-corrected chi connectivity index (χ3v) is 5.36. The molecule has 1 aromatic heterocycles. The van der Waals surface area contributed by atoms with Gasteiger partial charge in [-0.25, -0.2) is 4.68 Å². The van der Waals surface area contributed by atoms with E-state index in [-0.39, 0.29) is 11.7 Å². The van der Waals surface area contributed by atoms with E-state index in [2.05, 4.69) is 15.5 Å². The van der Waals surface area contributed by atoms with Crippen molar-refractivity contribution in [2.75, 3.05) is 16.9 Å². The van der Waals surface area contributed by atoms with Gasteiger partial charge in [0.05, 0.1) is 5.69 Å². The largest absolute Gasteiger partial charge is 0.335 e. The lowest BCUT2D eigenvalue weighted by Gasteiger charge is -2.09. The third-order valence-electron chi connectivity index (χ3n) is 4.33. The second-order valence-corrected chi connectivity index (χ2v) is 7.71. The van der Waals surface area contributed by atoms with Crippen LogP contribution < -0.4 is 11.2 Å². The summed E-state index contributed by atoms with van der Waals surface area (Å²) >= 11 is 1.45. The molecule has 0 unspecified atom stereocenters. The lowest BCUT2D eigenvalue weighted by molar-refractivity contribution is -0.116. The SMILES string of the molecule is CC(=O)c1ccccc1NC(=O)CCCSc1nnc(-c2ccc(C)cc2)n1N. The Balaban J connectivity index is 1.50. The summed E-state index contributed by atoms with van der Waals surface area (Å²) in [5.41, 5.74) is 3.12. The molecule has 0 atom stereocenters. The maximum atomic E-state index is 12.2. The molecule has 2 aromatic carbocycles. The number of thioether (sulfide) groups is 1. The van der Waals surface area contributed by atoms with Gasteiger partial charge >= 0.3 is 0 Å². The van der Waals surface area contributed by atoms with Crippen LogP contribution in [-0.2, 0) is 4.79 Å². The molecular weight excluding hydrogens is 386 g/mol. The maximum Gasteiger partial charge on any atom is 0.224 e. The average molecular weight is 410 g/mol. The summed E-state index contributed by atoms with van der Waals surface area (Å²) in [5, 5.41) is 11.7. The summed E-state index contributed by atoms with van der Waals surface area (Å²) in [5.74, 6) is 7.19. The number of Topliss-reactive ketones (excluding diaryl/α,β-unsaturated/α-hetero) is 1. The molecule has 7 nitrogen and oxygen atoms in total. The zero-order valence-electron chi connectivity index (χ0n) is 16.4. The number of anilines is 1. The van der Waals surface area contributed by atoms with Crippen LogP contribution in [-0.4, -0.2) is 32.3 Å². The Morgan fingerprint density at radius 3 is 2.55 bits per heavy atom. The molecule has 0 spiro atoms. The summed E-state index contributed by atoms with van der Waals surface area (Å²) in [4.78, 5) is 23.8. The van der Waals surface area contributed by atoms with Crippen molar-refractivity contribution in [3.05, 3.63) is 59.7 Å². The van der Waals surface area contributed by atoms with Crippen LogP contribution in [0.4, 0.5) is 5.69 Å². The van der Waals surface area contributed by atoms with Crippen molar-refractivity contribution in [3.63, 3.8) is 0 Å². The van der Waals surface area contributed by atoms with Crippen molar-refractivity contribution in [3.8, 4) is 11.4 Å². The molecular formula is C21H23N5O2S. The van der Waals surface area contributed by atoms with Gasteiger partial charge in [0.2, 0.25) is 11.1 Å². The number of benzene rings is 2. The fraction of sp³-hybridized carbons (Fsp3) is 0.238. The van der Waals surface area contributed by atoms with E-state index in [4.69, 9.17) is 5.84 Å². The van der Waals surface area contributed by atoms with Gasteiger partial charge in [0.15, 0.2) is 11.6 Å². The topological polar surface area (TPSA) is 103 Å². The summed E-state index contributed by atoms with van der Waals surface area (Å²) in [6, 6.07) is 14.9. The molecule has 0 aliphatic carbocycles. The van der Waals surface area contributed by atoms with Crippen LogP contribution in [0.25, 0.3) is 11.4 Å². The Morgan fingerprint density at radius 1 is 1.10 bits per heavy atom. The van der Waals surface area contributed by atoms with E-state index >= 15 is 0 Å². The second-order valence-electron chi connectivity index (χ2n) is 6.64. The molecule has 29 heavy (non-hydrogen) atoms. The molecule has 1 heterocycles. The van der Waals surface area contributed by atoms with Crippen molar-refractivity contribution < 1.29 is 9.59 Å². The number of hydrogen-bond donors (Lipinski definition) is 2. The van der Waals surface area contributed by atoms with Crippen LogP contribution in [0, 0.1) is 6.92 Å². The van der Waals surface area contributed by atoms with Crippen LogP contribution in [0.5, 0.6) is 0 Å². The number of carbonyl (C=O) groups is 2. The first kappa shape index (κ1) is 20.6. The Hall–Kier alpha value is -3.13. The molecule has 3 aromatic rings. The van der Waals surface area contributed by atoms with Crippen LogP contribution in [0.1, 0.15) is 35.7 Å². The quantitative estimate of drug-likeness (QED) is 0.255. The number of para-hydroxylation sites is 1. The van der Waals surface area contributed by atoms with Crippen molar-refractivity contribution in [2.24, 2.45) is 0 Å². The van der Waals surface area contributed by atoms with E-state index in [1.165, 1.54) is 23.4 Å². The molecule has 0 radical (unpaired) electrons. The predicted octanol–water partition coefficient (Wildman–Crippen LogP) is 3.68. The number of nitrogens with two attached hydrogens (primary N) is 1. The lowest BCUT2D eigenvalue weighted by Crippen LogP contribution is -2.14. The molecule has 0 bridgehead atoms. The first-order valence-corrected chi connectivity index (χ1v) is 10.2. The van der Waals surface area contributed by atoms with E-state index in [0.29, 0.717) is 40.8 Å². The van der Waals surface area contributed by atoms with Gasteiger partial charge in [-0.1, -0.05) is 53.7 Å². The summed E-state index contributed by atoms with van der Waals surface area (Å²) < 4.78 is 1.47. The molecule has 8 heteroatoms. The van der Waals surface area contributed by atoms with Gasteiger partial charge in [0.1, 0.15) is 0 Å². The number of amides is 1. The molecule has 0 aliphatic heterocycles. The van der Waals surface area contributed by atoms with Gasteiger partial charge in [0, 0.05) is 23.3 Å². The fourth-order valence-electron chi connectivity index (χ4n) is 2.78. The third kappa shape index (κ3) is 5.23. The highest BCUT2D eigenvalue weighted by Crippen LogP contribution is 2.23. The molecule has 0 saturated heterocycles. The number of nitrogens with one attached hydrogen (secondary N) is 1. The van der Waals surface area contributed by atoms with Crippen LogP contribution in [0.3, 0.4) is 0 Å². The number of ketones is 1. The zero-order valence-corrected chi connectivity index (χ0v) is 17.2. The predicted molar refractivity (Wildman–Crippen MR) is 115 cm³/mol. The molecule has 150 valence electrons. The van der Waals surface area contributed by atoms with E-state index in [1.807, 2.05) is 31.2 Å².